The molecule has 108 valence electrons. The Balaban J connectivity index is 1.49. The highest BCUT2D eigenvalue weighted by atomic mass is 79.9. The van der Waals surface area contributed by atoms with Crippen LogP contribution >= 0.6 is 15.9 Å². The molecule has 2 fully saturated rings. The van der Waals surface area contributed by atoms with E-state index in [1.165, 1.54) is 6.42 Å². The van der Waals surface area contributed by atoms with Crippen molar-refractivity contribution in [3.8, 4) is 0 Å². The first kappa shape index (κ1) is 13.9. The second kappa shape index (κ2) is 6.12. The monoisotopic (exact) mass is 337 g/mol. The van der Waals surface area contributed by atoms with Crippen molar-refractivity contribution in [3.63, 3.8) is 0 Å². The molecule has 1 saturated heterocycles. The van der Waals surface area contributed by atoms with E-state index in [-0.39, 0.29) is 5.91 Å². The third-order valence-electron chi connectivity index (χ3n) is 4.35. The van der Waals surface area contributed by atoms with Crippen LogP contribution in [0.2, 0.25) is 0 Å². The fourth-order valence-corrected chi connectivity index (χ4v) is 3.03. The summed E-state index contributed by atoms with van der Waals surface area (Å²) < 4.78 is 1.00. The molecular formula is C15H20BrN3O. The highest BCUT2D eigenvalue weighted by Crippen LogP contribution is 2.27. The van der Waals surface area contributed by atoms with Gasteiger partial charge in [0.1, 0.15) is 5.82 Å². The average molecular weight is 338 g/mol. The van der Waals surface area contributed by atoms with Gasteiger partial charge in [0.2, 0.25) is 5.91 Å². The summed E-state index contributed by atoms with van der Waals surface area (Å²) in [5.74, 6) is 1.59. The number of carbonyl (C=O) groups is 1. The minimum atomic E-state index is 0.275. The molecule has 1 amide bonds. The maximum absolute atomic E-state index is 11.9. The number of nitrogens with one attached hydrogen (secondary N) is 1. The van der Waals surface area contributed by atoms with Crippen molar-refractivity contribution >= 4 is 27.7 Å². The number of rotatable bonds is 3. The van der Waals surface area contributed by atoms with E-state index in [1.807, 2.05) is 18.3 Å². The molecule has 1 N–H and O–H groups in total. The predicted octanol–water partition coefficient (Wildman–Crippen LogP) is 2.73. The molecular weight excluding hydrogens is 318 g/mol. The standard InChI is InChI=1S/C15H20BrN3O/c16-12-4-5-14(17-10-12)19-8-6-13(7-9-19)18-15(20)11-2-1-3-11/h4-5,10-11,13H,1-3,6-9H2,(H,18,20). The lowest BCUT2D eigenvalue weighted by molar-refractivity contribution is -0.128. The lowest BCUT2D eigenvalue weighted by Crippen LogP contribution is -2.47. The van der Waals surface area contributed by atoms with E-state index in [0.29, 0.717) is 12.0 Å². The maximum atomic E-state index is 11.9. The topological polar surface area (TPSA) is 45.2 Å². The van der Waals surface area contributed by atoms with Gasteiger partial charge in [-0.25, -0.2) is 4.98 Å². The Labute approximate surface area is 128 Å². The molecule has 0 bridgehead atoms. The van der Waals surface area contributed by atoms with Crippen LogP contribution in [0.15, 0.2) is 22.8 Å². The largest absolute Gasteiger partial charge is 0.356 e. The molecule has 20 heavy (non-hydrogen) atoms. The number of hydrogen-bond donors (Lipinski definition) is 1. The molecule has 1 aromatic rings. The molecule has 2 heterocycles. The second-order valence-corrected chi connectivity index (χ2v) is 6.65. The first-order valence-corrected chi connectivity index (χ1v) is 8.18. The fraction of sp³-hybridized carbons (Fsp3) is 0.600. The highest BCUT2D eigenvalue weighted by Gasteiger charge is 2.28. The van der Waals surface area contributed by atoms with Crippen LogP contribution < -0.4 is 10.2 Å². The van der Waals surface area contributed by atoms with Gasteiger partial charge in [-0.3, -0.25) is 4.79 Å². The van der Waals surface area contributed by atoms with E-state index in [0.717, 1.165) is 49.1 Å². The molecule has 0 unspecified atom stereocenters. The van der Waals surface area contributed by atoms with Gasteiger partial charge in [0.05, 0.1) is 0 Å². The van der Waals surface area contributed by atoms with Crippen LogP contribution in [0.1, 0.15) is 32.1 Å². The number of amides is 1. The summed E-state index contributed by atoms with van der Waals surface area (Å²) in [6.07, 6.45) is 7.22. The van der Waals surface area contributed by atoms with Crippen LogP contribution in [-0.2, 0) is 4.79 Å². The van der Waals surface area contributed by atoms with Crippen molar-refractivity contribution in [2.75, 3.05) is 18.0 Å². The van der Waals surface area contributed by atoms with Gasteiger partial charge in [0, 0.05) is 35.7 Å². The number of pyridine rings is 1. The minimum absolute atomic E-state index is 0.275. The Morgan fingerprint density at radius 2 is 2.00 bits per heavy atom. The zero-order valence-corrected chi connectivity index (χ0v) is 13.1. The lowest BCUT2D eigenvalue weighted by Gasteiger charge is -2.34. The number of aromatic nitrogens is 1. The summed E-state index contributed by atoms with van der Waals surface area (Å²) in [6, 6.07) is 4.40. The van der Waals surface area contributed by atoms with Crippen molar-refractivity contribution in [1.29, 1.82) is 0 Å². The summed E-state index contributed by atoms with van der Waals surface area (Å²) >= 11 is 3.40. The number of anilines is 1. The van der Waals surface area contributed by atoms with Crippen LogP contribution in [0.5, 0.6) is 0 Å². The van der Waals surface area contributed by atoms with Gasteiger partial charge in [-0.05, 0) is 53.7 Å². The van der Waals surface area contributed by atoms with Crippen molar-refractivity contribution in [1.82, 2.24) is 10.3 Å². The SMILES string of the molecule is O=C(NC1CCN(c2ccc(Br)cn2)CC1)C1CCC1. The van der Waals surface area contributed by atoms with Crippen LogP contribution in [0.4, 0.5) is 5.82 Å². The van der Waals surface area contributed by atoms with Gasteiger partial charge < -0.3 is 10.2 Å². The smallest absolute Gasteiger partial charge is 0.223 e. The quantitative estimate of drug-likeness (QED) is 0.922. The number of nitrogens with zero attached hydrogens (tertiary/aromatic N) is 2. The van der Waals surface area contributed by atoms with Crippen LogP contribution in [-0.4, -0.2) is 30.0 Å². The van der Waals surface area contributed by atoms with Gasteiger partial charge in [0.25, 0.3) is 0 Å². The van der Waals surface area contributed by atoms with Crippen LogP contribution in [0.25, 0.3) is 0 Å². The van der Waals surface area contributed by atoms with E-state index < -0.39 is 0 Å². The van der Waals surface area contributed by atoms with Gasteiger partial charge in [0.15, 0.2) is 0 Å². The maximum Gasteiger partial charge on any atom is 0.223 e. The van der Waals surface area contributed by atoms with Crippen molar-refractivity contribution in [3.05, 3.63) is 22.8 Å². The third-order valence-corrected chi connectivity index (χ3v) is 4.82. The molecule has 1 aliphatic heterocycles. The Hall–Kier alpha value is -1.10. The van der Waals surface area contributed by atoms with Crippen molar-refractivity contribution in [2.45, 2.75) is 38.1 Å². The molecule has 5 heteroatoms. The summed E-state index contributed by atoms with van der Waals surface area (Å²) in [4.78, 5) is 18.7. The number of hydrogen-bond acceptors (Lipinski definition) is 3. The van der Waals surface area contributed by atoms with Gasteiger partial charge in [-0.2, -0.15) is 0 Å². The highest BCUT2D eigenvalue weighted by molar-refractivity contribution is 9.10. The zero-order valence-electron chi connectivity index (χ0n) is 11.5. The third kappa shape index (κ3) is 3.14. The van der Waals surface area contributed by atoms with Gasteiger partial charge >= 0.3 is 0 Å². The van der Waals surface area contributed by atoms with Crippen molar-refractivity contribution < 1.29 is 4.79 Å². The second-order valence-electron chi connectivity index (χ2n) is 5.73. The van der Waals surface area contributed by atoms with Gasteiger partial charge in [-0.1, -0.05) is 6.42 Å². The normalized spacial score (nSPS) is 20.6. The minimum Gasteiger partial charge on any atom is -0.356 e. The Morgan fingerprint density at radius 1 is 1.25 bits per heavy atom. The number of piperidine rings is 1. The summed E-state index contributed by atoms with van der Waals surface area (Å²) in [5, 5.41) is 3.21. The molecule has 3 rings (SSSR count). The Bertz CT molecular complexity index is 465. The Kier molecular flexibility index (Phi) is 4.24. The predicted molar refractivity (Wildman–Crippen MR) is 82.7 cm³/mol. The molecule has 0 atom stereocenters. The summed E-state index contributed by atoms with van der Waals surface area (Å²) in [7, 11) is 0. The van der Waals surface area contributed by atoms with E-state index in [4.69, 9.17) is 0 Å². The molecule has 0 spiro atoms. The summed E-state index contributed by atoms with van der Waals surface area (Å²) in [6.45, 7) is 1.93. The zero-order chi connectivity index (χ0) is 13.9. The van der Waals surface area contributed by atoms with E-state index in [1.54, 1.807) is 0 Å². The lowest BCUT2D eigenvalue weighted by atomic mass is 9.84. The van der Waals surface area contributed by atoms with E-state index in [2.05, 4.69) is 31.1 Å². The molecule has 1 aliphatic carbocycles. The average Bonchev–Trinajstić information content (AvgIpc) is 2.38. The Morgan fingerprint density at radius 3 is 2.55 bits per heavy atom. The van der Waals surface area contributed by atoms with Crippen LogP contribution in [0, 0.1) is 5.92 Å². The molecule has 1 saturated carbocycles. The summed E-state index contributed by atoms with van der Waals surface area (Å²) in [5.41, 5.74) is 0. The van der Waals surface area contributed by atoms with Crippen molar-refractivity contribution in [2.24, 2.45) is 5.92 Å². The molecule has 4 nitrogen and oxygen atoms in total. The van der Waals surface area contributed by atoms with E-state index in [9.17, 15) is 4.79 Å². The molecule has 0 aromatic carbocycles. The van der Waals surface area contributed by atoms with Crippen LogP contribution in [0.3, 0.4) is 0 Å². The molecule has 0 radical (unpaired) electrons. The number of halogens is 1. The van der Waals surface area contributed by atoms with Gasteiger partial charge in [-0.15, -0.1) is 0 Å². The first-order valence-electron chi connectivity index (χ1n) is 7.39. The molecule has 2 aliphatic rings. The fourth-order valence-electron chi connectivity index (χ4n) is 2.80. The first-order chi connectivity index (χ1) is 9.72. The van der Waals surface area contributed by atoms with E-state index >= 15 is 0 Å². The molecule has 1 aromatic heterocycles. The number of carbonyl (C=O) groups excluding carboxylic acids is 1.